The van der Waals surface area contributed by atoms with Crippen LogP contribution in [0.15, 0.2) is 35.3 Å². The van der Waals surface area contributed by atoms with Crippen LogP contribution in [0.1, 0.15) is 23.0 Å². The summed E-state index contributed by atoms with van der Waals surface area (Å²) in [6.07, 6.45) is 0.993. The number of hydrogen-bond donors (Lipinski definition) is 1. The van der Waals surface area contributed by atoms with Crippen LogP contribution in [0.5, 0.6) is 0 Å². The van der Waals surface area contributed by atoms with E-state index in [-0.39, 0.29) is 26.9 Å². The minimum Gasteiger partial charge on any atom is -0.477 e. The Morgan fingerprint density at radius 3 is 2.41 bits per heavy atom. The molecule has 29 heavy (non-hydrogen) atoms. The molecule has 3 aromatic rings. The number of halogens is 4. The maximum Gasteiger partial charge on any atom is 0.341 e. The average Bonchev–Trinajstić information content (AvgIpc) is 2.66. The van der Waals surface area contributed by atoms with Crippen molar-refractivity contribution < 1.29 is 18.7 Å². The molecule has 0 spiro atoms. The van der Waals surface area contributed by atoms with E-state index in [1.54, 1.807) is 24.5 Å². The first-order valence-electron chi connectivity index (χ1n) is 8.44. The number of pyridine rings is 2. The van der Waals surface area contributed by atoms with Gasteiger partial charge in [0.2, 0.25) is 11.4 Å². The van der Waals surface area contributed by atoms with Crippen LogP contribution in [0.2, 0.25) is 10.0 Å². The predicted octanol–water partition coefficient (Wildman–Crippen LogP) is 5.19. The highest BCUT2D eigenvalue weighted by Gasteiger charge is 2.26. The maximum absolute atomic E-state index is 13.7. The van der Waals surface area contributed by atoms with Gasteiger partial charge in [-0.15, -0.1) is 0 Å². The average molecular weight is 439 g/mol. The maximum atomic E-state index is 13.7. The van der Waals surface area contributed by atoms with Gasteiger partial charge in [-0.25, -0.2) is 14.2 Å². The van der Waals surface area contributed by atoms with Crippen molar-refractivity contribution in [1.29, 1.82) is 0 Å². The van der Waals surface area contributed by atoms with Crippen molar-refractivity contribution in [2.24, 2.45) is 0 Å². The Morgan fingerprint density at radius 1 is 1.17 bits per heavy atom. The van der Waals surface area contributed by atoms with Crippen LogP contribution >= 0.6 is 23.2 Å². The summed E-state index contributed by atoms with van der Waals surface area (Å²) in [5, 5.41) is 10.3. The van der Waals surface area contributed by atoms with Gasteiger partial charge in [0.05, 0.1) is 21.3 Å². The van der Waals surface area contributed by atoms with E-state index in [4.69, 9.17) is 23.2 Å². The summed E-state index contributed by atoms with van der Waals surface area (Å²) in [7, 11) is 0. The van der Waals surface area contributed by atoms with Crippen LogP contribution in [0.25, 0.3) is 22.4 Å². The Balaban J connectivity index is 2.45. The highest BCUT2D eigenvalue weighted by atomic mass is 35.5. The SMILES string of the molecule is CCn1c(C)c(-c2cnc(F)c(F)c2)c(=O)c(C(=O)O)c1-c1ccc(Cl)c(Cl)c1. The molecule has 9 heteroatoms. The van der Waals surface area contributed by atoms with Gasteiger partial charge in [0.15, 0.2) is 5.82 Å². The summed E-state index contributed by atoms with van der Waals surface area (Å²) in [5.74, 6) is -4.02. The van der Waals surface area contributed by atoms with Gasteiger partial charge in [0.1, 0.15) is 5.56 Å². The second-order valence-corrected chi connectivity index (χ2v) is 7.00. The van der Waals surface area contributed by atoms with Crippen molar-refractivity contribution in [3.05, 3.63) is 73.8 Å². The number of nitrogens with zero attached hydrogens (tertiary/aromatic N) is 2. The molecule has 1 N–H and O–H groups in total. The third-order valence-electron chi connectivity index (χ3n) is 4.54. The Labute approximate surface area is 174 Å². The van der Waals surface area contributed by atoms with Crippen molar-refractivity contribution in [2.45, 2.75) is 20.4 Å². The first-order chi connectivity index (χ1) is 13.7. The largest absolute Gasteiger partial charge is 0.477 e. The van der Waals surface area contributed by atoms with Crippen molar-refractivity contribution in [2.75, 3.05) is 0 Å². The van der Waals surface area contributed by atoms with Crippen molar-refractivity contribution in [1.82, 2.24) is 9.55 Å². The zero-order valence-electron chi connectivity index (χ0n) is 15.3. The smallest absolute Gasteiger partial charge is 0.341 e. The minimum absolute atomic E-state index is 0.0169. The minimum atomic E-state index is -1.46. The fourth-order valence-electron chi connectivity index (χ4n) is 3.27. The van der Waals surface area contributed by atoms with E-state index in [0.717, 1.165) is 12.3 Å². The topological polar surface area (TPSA) is 72.2 Å². The van der Waals surface area contributed by atoms with Crippen LogP contribution in [-0.2, 0) is 6.54 Å². The molecule has 150 valence electrons. The highest BCUT2D eigenvalue weighted by molar-refractivity contribution is 6.42. The zero-order valence-corrected chi connectivity index (χ0v) is 16.8. The molecule has 0 saturated heterocycles. The van der Waals surface area contributed by atoms with Crippen molar-refractivity contribution >= 4 is 29.2 Å². The van der Waals surface area contributed by atoms with E-state index in [9.17, 15) is 23.5 Å². The summed E-state index contributed by atoms with van der Waals surface area (Å²) >= 11 is 12.0. The Kier molecular flexibility index (Phi) is 5.73. The molecule has 0 fully saturated rings. The summed E-state index contributed by atoms with van der Waals surface area (Å²) < 4.78 is 28.5. The third-order valence-corrected chi connectivity index (χ3v) is 5.27. The second kappa shape index (κ2) is 7.93. The van der Waals surface area contributed by atoms with Crippen molar-refractivity contribution in [3.63, 3.8) is 0 Å². The number of benzene rings is 1. The van der Waals surface area contributed by atoms with Gasteiger partial charge in [-0.1, -0.05) is 29.3 Å². The predicted molar refractivity (Wildman–Crippen MR) is 107 cm³/mol. The second-order valence-electron chi connectivity index (χ2n) is 6.19. The van der Waals surface area contributed by atoms with Gasteiger partial charge in [-0.05, 0) is 32.0 Å². The Hall–Kier alpha value is -2.77. The number of carbonyl (C=O) groups is 1. The summed E-state index contributed by atoms with van der Waals surface area (Å²) in [6, 6.07) is 5.34. The fourth-order valence-corrected chi connectivity index (χ4v) is 3.57. The van der Waals surface area contributed by atoms with Gasteiger partial charge in [0.25, 0.3) is 0 Å². The molecule has 5 nitrogen and oxygen atoms in total. The Bertz CT molecular complexity index is 1210. The summed E-state index contributed by atoms with van der Waals surface area (Å²) in [5.41, 5.74) is -0.550. The molecule has 0 radical (unpaired) electrons. The van der Waals surface area contributed by atoms with Gasteiger partial charge < -0.3 is 9.67 Å². The van der Waals surface area contributed by atoms with Crippen LogP contribution in [0.3, 0.4) is 0 Å². The van der Waals surface area contributed by atoms with Gasteiger partial charge in [-0.2, -0.15) is 4.39 Å². The third kappa shape index (κ3) is 3.63. The van der Waals surface area contributed by atoms with E-state index in [1.807, 2.05) is 0 Å². The standard InChI is InChI=1S/C20H14Cl2F2N2O3/c1-3-26-9(2)15(11-7-14(23)19(24)25-8-11)18(27)16(20(28)29)17(26)10-4-5-12(21)13(22)6-10/h4-8H,3H2,1-2H3,(H,28,29). The van der Waals surface area contributed by atoms with E-state index in [2.05, 4.69) is 4.98 Å². The monoisotopic (exact) mass is 438 g/mol. The lowest BCUT2D eigenvalue weighted by molar-refractivity contribution is 0.0695. The van der Waals surface area contributed by atoms with Crippen LogP contribution < -0.4 is 5.43 Å². The fraction of sp³-hybridized carbons (Fsp3) is 0.150. The molecule has 3 rings (SSSR count). The van der Waals surface area contributed by atoms with Crippen LogP contribution in [-0.4, -0.2) is 20.6 Å². The van der Waals surface area contributed by atoms with E-state index >= 15 is 0 Å². The number of aromatic nitrogens is 2. The molecular formula is C20H14Cl2F2N2O3. The van der Waals surface area contributed by atoms with Crippen LogP contribution in [0, 0.1) is 18.7 Å². The van der Waals surface area contributed by atoms with E-state index in [0.29, 0.717) is 17.8 Å². The van der Waals surface area contributed by atoms with E-state index < -0.39 is 28.7 Å². The molecule has 0 amide bonds. The number of carboxylic acids is 1. The molecule has 0 saturated carbocycles. The van der Waals surface area contributed by atoms with Gasteiger partial charge in [-0.3, -0.25) is 4.79 Å². The van der Waals surface area contributed by atoms with Gasteiger partial charge >= 0.3 is 5.97 Å². The number of carboxylic acid groups (broad SMARTS) is 1. The molecule has 0 aliphatic heterocycles. The molecule has 0 bridgehead atoms. The molecule has 0 unspecified atom stereocenters. The zero-order chi connectivity index (χ0) is 21.5. The molecule has 0 atom stereocenters. The number of rotatable bonds is 4. The molecular weight excluding hydrogens is 425 g/mol. The molecule has 2 aromatic heterocycles. The molecule has 0 aliphatic carbocycles. The first kappa shape index (κ1) is 21.0. The highest BCUT2D eigenvalue weighted by Crippen LogP contribution is 2.33. The molecule has 1 aromatic carbocycles. The summed E-state index contributed by atoms with van der Waals surface area (Å²) in [6.45, 7) is 3.65. The van der Waals surface area contributed by atoms with Crippen molar-refractivity contribution in [3.8, 4) is 22.4 Å². The normalized spacial score (nSPS) is 11.0. The lowest BCUT2D eigenvalue weighted by Crippen LogP contribution is -2.25. The van der Waals surface area contributed by atoms with Gasteiger partial charge in [0, 0.05) is 29.6 Å². The quantitative estimate of drug-likeness (QED) is 0.568. The van der Waals surface area contributed by atoms with E-state index in [1.165, 1.54) is 12.1 Å². The number of hydrogen-bond acceptors (Lipinski definition) is 3. The first-order valence-corrected chi connectivity index (χ1v) is 9.20. The summed E-state index contributed by atoms with van der Waals surface area (Å²) in [4.78, 5) is 28.5. The number of aromatic carboxylic acids is 1. The Morgan fingerprint density at radius 2 is 1.86 bits per heavy atom. The molecule has 0 aliphatic rings. The molecule has 2 heterocycles. The lowest BCUT2D eigenvalue weighted by Gasteiger charge is -2.21. The lowest BCUT2D eigenvalue weighted by atomic mass is 9.97. The van der Waals surface area contributed by atoms with Crippen LogP contribution in [0.4, 0.5) is 8.78 Å².